The molecule has 1 aliphatic carbocycles. The molecule has 22 heavy (non-hydrogen) atoms. The minimum Gasteiger partial charge on any atom is -0.494 e. The Labute approximate surface area is 129 Å². The molecule has 1 aromatic rings. The van der Waals surface area contributed by atoms with Crippen LogP contribution in [-0.2, 0) is 6.42 Å². The van der Waals surface area contributed by atoms with Crippen molar-refractivity contribution in [3.8, 4) is 5.75 Å². The highest BCUT2D eigenvalue weighted by molar-refractivity contribution is 5.73. The largest absolute Gasteiger partial charge is 0.494 e. The zero-order valence-electron chi connectivity index (χ0n) is 12.8. The first kappa shape index (κ1) is 16.5. The second kappa shape index (κ2) is 7.98. The van der Waals surface area contributed by atoms with Crippen LogP contribution in [0.4, 0.5) is 9.18 Å². The SMILES string of the molecule is COc1cc(CCNC(=O)NCC2CCC(O)C2)ccc1F. The van der Waals surface area contributed by atoms with Gasteiger partial charge in [0, 0.05) is 13.1 Å². The number of urea groups is 1. The molecule has 0 radical (unpaired) electrons. The summed E-state index contributed by atoms with van der Waals surface area (Å²) in [6.07, 6.45) is 2.92. The van der Waals surface area contributed by atoms with E-state index in [9.17, 15) is 14.3 Å². The summed E-state index contributed by atoms with van der Waals surface area (Å²) >= 11 is 0. The minimum atomic E-state index is -0.393. The fourth-order valence-electron chi connectivity index (χ4n) is 2.71. The lowest BCUT2D eigenvalue weighted by molar-refractivity contribution is 0.177. The molecule has 3 N–H and O–H groups in total. The molecule has 2 amide bonds. The number of ether oxygens (including phenoxy) is 1. The molecule has 122 valence electrons. The Morgan fingerprint density at radius 3 is 2.91 bits per heavy atom. The van der Waals surface area contributed by atoms with E-state index in [0.717, 1.165) is 24.8 Å². The van der Waals surface area contributed by atoms with Gasteiger partial charge in [0.15, 0.2) is 11.6 Å². The van der Waals surface area contributed by atoms with E-state index in [-0.39, 0.29) is 17.9 Å². The second-order valence-electron chi connectivity index (χ2n) is 5.69. The summed E-state index contributed by atoms with van der Waals surface area (Å²) < 4.78 is 18.2. The van der Waals surface area contributed by atoms with Crippen molar-refractivity contribution in [3.63, 3.8) is 0 Å². The highest BCUT2D eigenvalue weighted by Gasteiger charge is 2.22. The molecule has 1 aromatic carbocycles. The summed E-state index contributed by atoms with van der Waals surface area (Å²) in [5.74, 6) is 0.180. The fraction of sp³-hybridized carbons (Fsp3) is 0.562. The molecule has 0 saturated heterocycles. The maximum absolute atomic E-state index is 13.3. The van der Waals surface area contributed by atoms with E-state index in [1.54, 1.807) is 12.1 Å². The predicted octanol–water partition coefficient (Wildman–Crippen LogP) is 1.84. The van der Waals surface area contributed by atoms with Crippen molar-refractivity contribution in [2.24, 2.45) is 5.92 Å². The lowest BCUT2D eigenvalue weighted by Gasteiger charge is -2.12. The molecular weight excluding hydrogens is 287 g/mol. The van der Waals surface area contributed by atoms with Crippen LogP contribution in [-0.4, -0.2) is 37.4 Å². The molecule has 2 atom stereocenters. The van der Waals surface area contributed by atoms with Crippen molar-refractivity contribution in [2.75, 3.05) is 20.2 Å². The number of aliphatic hydroxyl groups excluding tert-OH is 1. The topological polar surface area (TPSA) is 70.6 Å². The second-order valence-corrected chi connectivity index (χ2v) is 5.69. The van der Waals surface area contributed by atoms with Gasteiger partial charge < -0.3 is 20.5 Å². The standard InChI is InChI=1S/C16H23FN2O3/c1-22-15-9-11(3-5-14(15)17)6-7-18-16(21)19-10-12-2-4-13(20)8-12/h3,5,9,12-13,20H,2,4,6-8,10H2,1H3,(H2,18,19,21). The summed E-state index contributed by atoms with van der Waals surface area (Å²) in [6, 6.07) is 4.46. The average molecular weight is 310 g/mol. The Bertz CT molecular complexity index is 510. The third-order valence-corrected chi connectivity index (χ3v) is 3.98. The molecule has 6 heteroatoms. The molecule has 5 nitrogen and oxygen atoms in total. The summed E-state index contributed by atoms with van der Waals surface area (Å²) in [5, 5.41) is 15.0. The Morgan fingerprint density at radius 1 is 1.41 bits per heavy atom. The van der Waals surface area contributed by atoms with Crippen LogP contribution in [0.2, 0.25) is 0 Å². The monoisotopic (exact) mass is 310 g/mol. The van der Waals surface area contributed by atoms with E-state index in [2.05, 4.69) is 10.6 Å². The number of amides is 2. The van der Waals surface area contributed by atoms with Gasteiger partial charge >= 0.3 is 6.03 Å². The van der Waals surface area contributed by atoms with Crippen molar-refractivity contribution in [2.45, 2.75) is 31.8 Å². The Kier molecular flexibility index (Phi) is 6.00. The smallest absolute Gasteiger partial charge is 0.314 e. The van der Waals surface area contributed by atoms with Crippen LogP contribution in [0.1, 0.15) is 24.8 Å². The van der Waals surface area contributed by atoms with E-state index < -0.39 is 5.82 Å². The van der Waals surface area contributed by atoms with Gasteiger partial charge in [0.1, 0.15) is 0 Å². The first-order valence-electron chi connectivity index (χ1n) is 7.60. The normalized spacial score (nSPS) is 20.7. The van der Waals surface area contributed by atoms with Crippen molar-refractivity contribution in [3.05, 3.63) is 29.6 Å². The number of carbonyl (C=O) groups is 1. The Morgan fingerprint density at radius 2 is 2.23 bits per heavy atom. The summed E-state index contributed by atoms with van der Waals surface area (Å²) in [4.78, 5) is 11.7. The molecule has 0 bridgehead atoms. The van der Waals surface area contributed by atoms with Gasteiger partial charge in [-0.05, 0) is 49.3 Å². The molecule has 2 rings (SSSR count). The van der Waals surface area contributed by atoms with Gasteiger partial charge in [-0.25, -0.2) is 9.18 Å². The average Bonchev–Trinajstić information content (AvgIpc) is 2.92. The number of aliphatic hydroxyl groups is 1. The van der Waals surface area contributed by atoms with Crippen LogP contribution in [0.5, 0.6) is 5.75 Å². The molecular formula is C16H23FN2O3. The van der Waals surface area contributed by atoms with E-state index in [0.29, 0.717) is 25.4 Å². The van der Waals surface area contributed by atoms with Crippen molar-refractivity contribution < 1.29 is 19.0 Å². The number of methoxy groups -OCH3 is 1. The molecule has 1 saturated carbocycles. The highest BCUT2D eigenvalue weighted by atomic mass is 19.1. The van der Waals surface area contributed by atoms with Gasteiger partial charge in [-0.15, -0.1) is 0 Å². The van der Waals surface area contributed by atoms with Crippen LogP contribution in [0.15, 0.2) is 18.2 Å². The molecule has 0 aromatic heterocycles. The lowest BCUT2D eigenvalue weighted by Crippen LogP contribution is -2.38. The maximum atomic E-state index is 13.3. The molecule has 1 aliphatic rings. The van der Waals surface area contributed by atoms with E-state index in [4.69, 9.17) is 4.74 Å². The van der Waals surface area contributed by atoms with Gasteiger partial charge in [0.2, 0.25) is 0 Å². The first-order valence-corrected chi connectivity index (χ1v) is 7.60. The molecule has 1 fully saturated rings. The number of hydrogen-bond acceptors (Lipinski definition) is 3. The number of halogens is 1. The highest BCUT2D eigenvalue weighted by Crippen LogP contribution is 2.24. The predicted molar refractivity (Wildman–Crippen MR) is 81.4 cm³/mol. The molecule has 0 aliphatic heterocycles. The van der Waals surface area contributed by atoms with Gasteiger partial charge in [0.05, 0.1) is 13.2 Å². The summed E-state index contributed by atoms with van der Waals surface area (Å²) in [7, 11) is 1.42. The maximum Gasteiger partial charge on any atom is 0.314 e. The quantitative estimate of drug-likeness (QED) is 0.751. The fourth-order valence-corrected chi connectivity index (χ4v) is 2.71. The summed E-state index contributed by atoms with van der Waals surface area (Å²) in [5.41, 5.74) is 0.900. The van der Waals surface area contributed by atoms with E-state index in [1.807, 2.05) is 0 Å². The first-order chi connectivity index (χ1) is 10.6. The number of hydrogen-bond donors (Lipinski definition) is 3. The third-order valence-electron chi connectivity index (χ3n) is 3.98. The van der Waals surface area contributed by atoms with Crippen LogP contribution in [0, 0.1) is 11.7 Å². The van der Waals surface area contributed by atoms with Crippen LogP contribution >= 0.6 is 0 Å². The van der Waals surface area contributed by atoms with Crippen LogP contribution in [0.25, 0.3) is 0 Å². The summed E-state index contributed by atoms with van der Waals surface area (Å²) in [6.45, 7) is 1.06. The van der Waals surface area contributed by atoms with E-state index >= 15 is 0 Å². The van der Waals surface area contributed by atoms with Crippen LogP contribution in [0.3, 0.4) is 0 Å². The van der Waals surface area contributed by atoms with Gasteiger partial charge in [-0.2, -0.15) is 0 Å². The Hall–Kier alpha value is -1.82. The van der Waals surface area contributed by atoms with Crippen LogP contribution < -0.4 is 15.4 Å². The van der Waals surface area contributed by atoms with Crippen molar-refractivity contribution in [1.82, 2.24) is 10.6 Å². The molecule has 0 heterocycles. The van der Waals surface area contributed by atoms with E-state index in [1.165, 1.54) is 13.2 Å². The molecule has 2 unspecified atom stereocenters. The van der Waals surface area contributed by atoms with Gasteiger partial charge in [-0.1, -0.05) is 6.07 Å². The zero-order valence-corrected chi connectivity index (χ0v) is 12.8. The Balaban J connectivity index is 1.66. The number of rotatable bonds is 6. The van der Waals surface area contributed by atoms with Gasteiger partial charge in [0.25, 0.3) is 0 Å². The number of carbonyl (C=O) groups excluding carboxylic acids is 1. The van der Waals surface area contributed by atoms with Crippen molar-refractivity contribution >= 4 is 6.03 Å². The number of benzene rings is 1. The molecule has 0 spiro atoms. The zero-order chi connectivity index (χ0) is 15.9. The number of nitrogens with one attached hydrogen (secondary N) is 2. The minimum absolute atomic E-state index is 0.210. The lowest BCUT2D eigenvalue weighted by atomic mass is 10.1. The van der Waals surface area contributed by atoms with Crippen molar-refractivity contribution in [1.29, 1.82) is 0 Å². The van der Waals surface area contributed by atoms with Gasteiger partial charge in [-0.3, -0.25) is 0 Å². The third kappa shape index (κ3) is 4.87.